The number of aryl methyl sites for hydroxylation is 1. The highest BCUT2D eigenvalue weighted by Gasteiger charge is 2.21. The van der Waals surface area contributed by atoms with Crippen LogP contribution < -0.4 is 10.5 Å². The van der Waals surface area contributed by atoms with Gasteiger partial charge in [-0.1, -0.05) is 12.1 Å². The quantitative estimate of drug-likeness (QED) is 0.754. The molecule has 0 bridgehead atoms. The van der Waals surface area contributed by atoms with E-state index in [1.54, 1.807) is 33.3 Å². The molecule has 8 heteroatoms. The van der Waals surface area contributed by atoms with Crippen LogP contribution in [0.5, 0.6) is 0 Å². The minimum Gasteiger partial charge on any atom is -0.399 e. The minimum absolute atomic E-state index is 0.0764. The van der Waals surface area contributed by atoms with Gasteiger partial charge in [-0.05, 0) is 30.2 Å². The van der Waals surface area contributed by atoms with Gasteiger partial charge >= 0.3 is 0 Å². The molecule has 2 rings (SSSR count). The lowest BCUT2D eigenvalue weighted by molar-refractivity contribution is 0.0818. The van der Waals surface area contributed by atoms with Crippen molar-refractivity contribution in [3.8, 4) is 0 Å². The Kier molecular flexibility index (Phi) is 5.30. The number of nitrogen functional groups attached to an aromatic ring is 1. The van der Waals surface area contributed by atoms with Crippen LogP contribution in [0, 0.1) is 0 Å². The number of amides is 1. The molecule has 1 heterocycles. The number of aromatic nitrogens is 1. The number of carbonyl (C=O) groups is 1. The summed E-state index contributed by atoms with van der Waals surface area (Å²) in [5.74, 6) is -0.249. The first-order valence-electron chi connectivity index (χ1n) is 7.43. The third kappa shape index (κ3) is 4.15. The van der Waals surface area contributed by atoms with Crippen LogP contribution in [0.1, 0.15) is 16.1 Å². The van der Waals surface area contributed by atoms with E-state index in [-0.39, 0.29) is 17.3 Å². The Balaban J connectivity index is 2.06. The molecule has 0 atom stereocenters. The monoisotopic (exact) mass is 350 g/mol. The van der Waals surface area contributed by atoms with Gasteiger partial charge in [-0.3, -0.25) is 4.79 Å². The van der Waals surface area contributed by atoms with Gasteiger partial charge < -0.3 is 15.2 Å². The second-order valence-corrected chi connectivity index (χ2v) is 7.53. The number of carbonyl (C=O) groups excluding carboxylic acids is 1. The summed E-state index contributed by atoms with van der Waals surface area (Å²) in [6, 6.07) is 8.66. The summed E-state index contributed by atoms with van der Waals surface area (Å²) < 4.78 is 28.8. The molecule has 130 valence electrons. The van der Waals surface area contributed by atoms with Gasteiger partial charge in [0.2, 0.25) is 10.0 Å². The number of benzene rings is 1. The number of hydrogen-bond acceptors (Lipinski definition) is 4. The standard InChI is InChI=1S/C16H22N4O3S/c1-19(2)16(21)15-10-14(11-20(15)3)24(22,23)18-9-8-12-4-6-13(17)7-5-12/h4-7,10-11,18H,8-9,17H2,1-3H3. The lowest BCUT2D eigenvalue weighted by Crippen LogP contribution is -2.26. The van der Waals surface area contributed by atoms with Crippen molar-refractivity contribution in [1.29, 1.82) is 0 Å². The van der Waals surface area contributed by atoms with Crippen molar-refractivity contribution in [2.24, 2.45) is 7.05 Å². The van der Waals surface area contributed by atoms with Crippen LogP contribution in [0.2, 0.25) is 0 Å². The first kappa shape index (κ1) is 18.0. The van der Waals surface area contributed by atoms with Crippen LogP contribution in [0.25, 0.3) is 0 Å². The molecule has 0 aliphatic rings. The number of rotatable bonds is 6. The zero-order chi connectivity index (χ0) is 17.9. The SMILES string of the molecule is CN(C)C(=O)c1cc(S(=O)(=O)NCCc2ccc(N)cc2)cn1C. The highest BCUT2D eigenvalue weighted by atomic mass is 32.2. The van der Waals surface area contributed by atoms with E-state index in [4.69, 9.17) is 5.73 Å². The third-order valence-corrected chi connectivity index (χ3v) is 5.03. The van der Waals surface area contributed by atoms with E-state index in [9.17, 15) is 13.2 Å². The molecule has 0 radical (unpaired) electrons. The smallest absolute Gasteiger partial charge is 0.269 e. The van der Waals surface area contributed by atoms with E-state index in [0.29, 0.717) is 17.8 Å². The predicted octanol–water partition coefficient (Wildman–Crippen LogP) is 0.830. The summed E-state index contributed by atoms with van der Waals surface area (Å²) >= 11 is 0. The van der Waals surface area contributed by atoms with Crippen LogP contribution in [0.3, 0.4) is 0 Å². The van der Waals surface area contributed by atoms with E-state index >= 15 is 0 Å². The Hall–Kier alpha value is -2.32. The van der Waals surface area contributed by atoms with E-state index in [2.05, 4.69) is 4.72 Å². The van der Waals surface area contributed by atoms with Crippen molar-refractivity contribution in [3.05, 3.63) is 47.8 Å². The van der Waals surface area contributed by atoms with Crippen molar-refractivity contribution in [2.45, 2.75) is 11.3 Å². The molecule has 2 aromatic rings. The van der Waals surface area contributed by atoms with Gasteiger partial charge in [0.15, 0.2) is 0 Å². The Morgan fingerprint density at radius 3 is 2.46 bits per heavy atom. The largest absolute Gasteiger partial charge is 0.399 e. The molecule has 0 aliphatic carbocycles. The topological polar surface area (TPSA) is 97.4 Å². The van der Waals surface area contributed by atoms with Gasteiger partial charge in [-0.15, -0.1) is 0 Å². The molecule has 1 aromatic carbocycles. The lowest BCUT2D eigenvalue weighted by atomic mass is 10.1. The molecule has 3 N–H and O–H groups in total. The predicted molar refractivity (Wildman–Crippen MR) is 93.2 cm³/mol. The van der Waals surface area contributed by atoms with Crippen LogP contribution in [0.15, 0.2) is 41.4 Å². The molecule has 0 spiro atoms. The van der Waals surface area contributed by atoms with Gasteiger partial charge in [-0.25, -0.2) is 13.1 Å². The minimum atomic E-state index is -3.67. The zero-order valence-electron chi connectivity index (χ0n) is 14.0. The van der Waals surface area contributed by atoms with Crippen LogP contribution >= 0.6 is 0 Å². The normalized spacial score (nSPS) is 11.5. The van der Waals surface area contributed by atoms with E-state index in [0.717, 1.165) is 5.56 Å². The molecule has 0 saturated heterocycles. The van der Waals surface area contributed by atoms with Gasteiger partial charge in [0.1, 0.15) is 10.6 Å². The van der Waals surface area contributed by atoms with Crippen LogP contribution in [-0.4, -0.2) is 44.4 Å². The molecule has 0 saturated carbocycles. The van der Waals surface area contributed by atoms with Crippen molar-refractivity contribution < 1.29 is 13.2 Å². The Labute approximate surface area is 142 Å². The van der Waals surface area contributed by atoms with E-state index in [1.165, 1.54) is 21.7 Å². The Bertz CT molecular complexity index is 824. The zero-order valence-corrected chi connectivity index (χ0v) is 14.8. The molecule has 1 aromatic heterocycles. The van der Waals surface area contributed by atoms with E-state index < -0.39 is 10.0 Å². The highest BCUT2D eigenvalue weighted by molar-refractivity contribution is 7.89. The first-order chi connectivity index (χ1) is 11.2. The van der Waals surface area contributed by atoms with Crippen molar-refractivity contribution in [2.75, 3.05) is 26.4 Å². The molecule has 7 nitrogen and oxygen atoms in total. The average Bonchev–Trinajstić information content (AvgIpc) is 2.91. The molecule has 24 heavy (non-hydrogen) atoms. The Morgan fingerprint density at radius 1 is 1.25 bits per heavy atom. The lowest BCUT2D eigenvalue weighted by Gasteiger charge is -2.09. The summed E-state index contributed by atoms with van der Waals surface area (Å²) in [5.41, 5.74) is 7.59. The average molecular weight is 350 g/mol. The fourth-order valence-electron chi connectivity index (χ4n) is 2.22. The number of sulfonamides is 1. The maximum atomic E-state index is 12.4. The number of nitrogens with two attached hydrogens (primary N) is 1. The van der Waals surface area contributed by atoms with Crippen molar-refractivity contribution >= 4 is 21.6 Å². The van der Waals surface area contributed by atoms with Crippen molar-refractivity contribution in [3.63, 3.8) is 0 Å². The van der Waals surface area contributed by atoms with Gasteiger partial charge in [0, 0.05) is 39.6 Å². The summed E-state index contributed by atoms with van der Waals surface area (Å²) in [7, 11) is 1.22. The Morgan fingerprint density at radius 2 is 1.88 bits per heavy atom. The molecule has 0 fully saturated rings. The summed E-state index contributed by atoms with van der Waals surface area (Å²) in [4.78, 5) is 13.5. The number of hydrogen-bond donors (Lipinski definition) is 2. The number of nitrogens with zero attached hydrogens (tertiary/aromatic N) is 2. The highest BCUT2D eigenvalue weighted by Crippen LogP contribution is 2.15. The molecule has 0 unspecified atom stereocenters. The maximum absolute atomic E-state index is 12.4. The third-order valence-electron chi connectivity index (χ3n) is 3.60. The van der Waals surface area contributed by atoms with E-state index in [1.807, 2.05) is 12.1 Å². The molecule has 1 amide bonds. The van der Waals surface area contributed by atoms with Gasteiger partial charge in [0.25, 0.3) is 5.91 Å². The summed E-state index contributed by atoms with van der Waals surface area (Å²) in [6.07, 6.45) is 1.98. The van der Waals surface area contributed by atoms with Crippen molar-refractivity contribution in [1.82, 2.24) is 14.2 Å². The maximum Gasteiger partial charge on any atom is 0.269 e. The molecular formula is C16H22N4O3S. The summed E-state index contributed by atoms with van der Waals surface area (Å²) in [6.45, 7) is 0.262. The van der Waals surface area contributed by atoms with Gasteiger partial charge in [0.05, 0.1) is 0 Å². The van der Waals surface area contributed by atoms with Gasteiger partial charge in [-0.2, -0.15) is 0 Å². The summed E-state index contributed by atoms with van der Waals surface area (Å²) in [5, 5.41) is 0. The second kappa shape index (κ2) is 7.06. The second-order valence-electron chi connectivity index (χ2n) is 5.76. The fourth-order valence-corrected chi connectivity index (χ4v) is 3.32. The first-order valence-corrected chi connectivity index (χ1v) is 8.91. The number of nitrogens with one attached hydrogen (secondary N) is 1. The molecule has 0 aliphatic heterocycles. The number of anilines is 1. The van der Waals surface area contributed by atoms with Crippen LogP contribution in [0.4, 0.5) is 5.69 Å². The molecular weight excluding hydrogens is 328 g/mol. The fraction of sp³-hybridized carbons (Fsp3) is 0.312. The van der Waals surface area contributed by atoms with Crippen LogP contribution in [-0.2, 0) is 23.5 Å².